The van der Waals surface area contributed by atoms with E-state index in [1.54, 1.807) is 54.7 Å². The van der Waals surface area contributed by atoms with Crippen molar-refractivity contribution in [1.29, 1.82) is 0 Å². The summed E-state index contributed by atoms with van der Waals surface area (Å²) in [7, 11) is 0. The summed E-state index contributed by atoms with van der Waals surface area (Å²) >= 11 is 0. The number of rotatable bonds is 10. The molecule has 1 aliphatic carbocycles. The van der Waals surface area contributed by atoms with Gasteiger partial charge >= 0.3 is 0 Å². The highest BCUT2D eigenvalue weighted by atomic mass is 19.1. The zero-order valence-corrected chi connectivity index (χ0v) is 32.8. The minimum atomic E-state index is -0.913. The second kappa shape index (κ2) is 17.2. The number of piperidine rings is 2. The van der Waals surface area contributed by atoms with Crippen LogP contribution in [0.25, 0.3) is 22.4 Å². The first kappa shape index (κ1) is 40.1. The lowest BCUT2D eigenvalue weighted by Gasteiger charge is -2.44. The number of carbonyl (C=O) groups is 3. The van der Waals surface area contributed by atoms with Gasteiger partial charge in [-0.15, -0.1) is 0 Å². The standard InChI is InChI=1S/C43H49F2N9O5/c44-33-24-31(48-35-11-13-37(55)50-40(35)57)10-12-36(33)53-21-19-52(20-22-53)26-43(59)14-17-54(18-15-43)41(58)27-6-8-30(9-7-27)49-42-47-25-34(45)38(51-42)29-4-1-3-28(23-29)32-5-2-16-46-39(32)56/h1-5,10,12,16,23-25,27,30,35,48,59H,6-9,11,13-15,17-22,26H2,(H,46,56)(H,47,49,51)(H,50,55,57). The molecule has 3 aliphatic heterocycles. The van der Waals surface area contributed by atoms with Crippen molar-refractivity contribution in [3.05, 3.63) is 89.0 Å². The summed E-state index contributed by atoms with van der Waals surface area (Å²) in [6.07, 6.45) is 7.13. The zero-order chi connectivity index (χ0) is 41.1. The molecule has 16 heteroatoms. The number of amides is 3. The molecule has 4 fully saturated rings. The Morgan fingerprint density at radius 1 is 0.864 bits per heavy atom. The number of aliphatic hydroxyl groups is 1. The largest absolute Gasteiger partial charge is 0.388 e. The number of aromatic amines is 1. The van der Waals surface area contributed by atoms with Crippen LogP contribution in [-0.4, -0.2) is 111 Å². The Morgan fingerprint density at radius 2 is 1.63 bits per heavy atom. The van der Waals surface area contributed by atoms with Gasteiger partial charge in [0, 0.05) is 87.2 Å². The van der Waals surface area contributed by atoms with E-state index < -0.39 is 29.2 Å². The number of carbonyl (C=O) groups excluding carboxylic acids is 3. The number of halogens is 2. The molecule has 4 aliphatic rings. The highest BCUT2D eigenvalue weighted by Gasteiger charge is 2.38. The van der Waals surface area contributed by atoms with Gasteiger partial charge in [0.15, 0.2) is 5.82 Å². The van der Waals surface area contributed by atoms with Gasteiger partial charge in [-0.2, -0.15) is 0 Å². The first-order valence-corrected chi connectivity index (χ1v) is 20.5. The van der Waals surface area contributed by atoms with Crippen LogP contribution >= 0.6 is 0 Å². The number of hydrogen-bond acceptors (Lipinski definition) is 11. The number of β-amino-alcohol motifs (C(OH)–C–C–N with tert-alkyl or cyclic N) is 1. The number of nitrogens with one attached hydrogen (secondary N) is 4. The van der Waals surface area contributed by atoms with Crippen molar-refractivity contribution in [2.45, 2.75) is 69.1 Å². The molecule has 4 aromatic rings. The van der Waals surface area contributed by atoms with E-state index in [0.29, 0.717) is 112 Å². The predicted octanol–water partition coefficient (Wildman–Crippen LogP) is 4.14. The molecular weight excluding hydrogens is 761 g/mol. The lowest BCUT2D eigenvalue weighted by molar-refractivity contribution is -0.141. The number of benzene rings is 2. The van der Waals surface area contributed by atoms with E-state index >= 15 is 4.39 Å². The van der Waals surface area contributed by atoms with Crippen molar-refractivity contribution < 1.29 is 28.3 Å². The third kappa shape index (κ3) is 9.28. The molecule has 0 spiro atoms. The van der Waals surface area contributed by atoms with Crippen LogP contribution in [0.5, 0.6) is 0 Å². The minimum Gasteiger partial charge on any atom is -0.388 e. The number of piperazine rings is 1. The van der Waals surface area contributed by atoms with Crippen LogP contribution in [0.1, 0.15) is 51.4 Å². The van der Waals surface area contributed by atoms with Gasteiger partial charge in [0.05, 0.1) is 17.5 Å². The van der Waals surface area contributed by atoms with E-state index in [4.69, 9.17) is 0 Å². The number of H-pyrrole nitrogens is 1. The highest BCUT2D eigenvalue weighted by Crippen LogP contribution is 2.32. The van der Waals surface area contributed by atoms with Crippen molar-refractivity contribution >= 4 is 35.0 Å². The maximum absolute atomic E-state index is 15.2. The summed E-state index contributed by atoms with van der Waals surface area (Å²) in [6.45, 7) is 3.97. The molecule has 59 heavy (non-hydrogen) atoms. The summed E-state index contributed by atoms with van der Waals surface area (Å²) < 4.78 is 30.2. The second-order valence-electron chi connectivity index (χ2n) is 16.2. The van der Waals surface area contributed by atoms with Crippen molar-refractivity contribution in [3.8, 4) is 22.4 Å². The van der Waals surface area contributed by atoms with Gasteiger partial charge in [0.25, 0.3) is 5.56 Å². The fourth-order valence-corrected chi connectivity index (χ4v) is 8.80. The molecule has 8 rings (SSSR count). The summed E-state index contributed by atoms with van der Waals surface area (Å²) in [5, 5.41) is 20.2. The molecule has 3 saturated heterocycles. The average molecular weight is 810 g/mol. The smallest absolute Gasteiger partial charge is 0.255 e. The molecule has 310 valence electrons. The molecule has 0 radical (unpaired) electrons. The van der Waals surface area contributed by atoms with Crippen molar-refractivity contribution in [1.82, 2.24) is 30.1 Å². The number of anilines is 3. The van der Waals surface area contributed by atoms with Gasteiger partial charge in [0.2, 0.25) is 23.7 Å². The van der Waals surface area contributed by atoms with Gasteiger partial charge in [0.1, 0.15) is 17.6 Å². The molecule has 1 saturated carbocycles. The zero-order valence-electron chi connectivity index (χ0n) is 32.8. The van der Waals surface area contributed by atoms with Gasteiger partial charge < -0.3 is 30.5 Å². The SMILES string of the molecule is O=C1CCC(Nc2ccc(N3CCN(CC4(O)CCN(C(=O)C5CCC(Nc6ncc(F)c(-c7cccc(-c8ccc[nH]c8=O)c7)n6)CC5)CC4)CC3)c(F)c2)C(=O)N1. The number of hydrogen-bond donors (Lipinski definition) is 5. The molecule has 5 heterocycles. The lowest BCUT2D eigenvalue weighted by Crippen LogP contribution is -2.56. The fraction of sp³-hybridized carbons (Fsp3) is 0.442. The molecule has 2 aromatic carbocycles. The molecule has 1 atom stereocenters. The maximum Gasteiger partial charge on any atom is 0.255 e. The topological polar surface area (TPSA) is 176 Å². The van der Waals surface area contributed by atoms with E-state index in [2.05, 4.69) is 35.8 Å². The number of aromatic nitrogens is 3. The van der Waals surface area contributed by atoms with Crippen LogP contribution in [0.15, 0.2) is 71.8 Å². The molecule has 1 unspecified atom stereocenters. The van der Waals surface area contributed by atoms with Gasteiger partial charge in [-0.1, -0.05) is 18.2 Å². The lowest BCUT2D eigenvalue weighted by atomic mass is 9.84. The molecule has 0 bridgehead atoms. The Bertz CT molecular complexity index is 2250. The Morgan fingerprint density at radius 3 is 2.36 bits per heavy atom. The summed E-state index contributed by atoms with van der Waals surface area (Å²) in [5.41, 5.74) is 1.59. The normalized spacial score (nSPS) is 22.5. The average Bonchev–Trinajstić information content (AvgIpc) is 3.23. The van der Waals surface area contributed by atoms with E-state index in [0.717, 1.165) is 19.0 Å². The maximum atomic E-state index is 15.2. The predicted molar refractivity (Wildman–Crippen MR) is 218 cm³/mol. The first-order valence-electron chi connectivity index (χ1n) is 20.5. The Labute approximate surface area is 340 Å². The van der Waals surface area contributed by atoms with Crippen LogP contribution in [0.2, 0.25) is 0 Å². The number of likely N-dealkylation sites (tertiary alicyclic amines) is 1. The minimum absolute atomic E-state index is 0.0244. The summed E-state index contributed by atoms with van der Waals surface area (Å²) in [6, 6.07) is 14.7. The van der Waals surface area contributed by atoms with E-state index in [-0.39, 0.29) is 41.4 Å². The van der Waals surface area contributed by atoms with Crippen LogP contribution in [-0.2, 0) is 14.4 Å². The number of pyridine rings is 1. The number of nitrogens with zero attached hydrogens (tertiary/aromatic N) is 5. The van der Waals surface area contributed by atoms with Crippen molar-refractivity contribution in [2.24, 2.45) is 5.92 Å². The summed E-state index contributed by atoms with van der Waals surface area (Å²) in [4.78, 5) is 66.9. The van der Waals surface area contributed by atoms with Crippen LogP contribution in [0.4, 0.5) is 26.1 Å². The highest BCUT2D eigenvalue weighted by molar-refractivity contribution is 6.01. The van der Waals surface area contributed by atoms with Gasteiger partial charge in [-0.3, -0.25) is 29.4 Å². The second-order valence-corrected chi connectivity index (χ2v) is 16.2. The van der Waals surface area contributed by atoms with Crippen molar-refractivity contribution in [2.75, 3.05) is 61.3 Å². The third-order valence-electron chi connectivity index (χ3n) is 12.2. The monoisotopic (exact) mass is 809 g/mol. The molecule has 5 N–H and O–H groups in total. The molecule has 2 aromatic heterocycles. The van der Waals surface area contributed by atoms with Crippen LogP contribution in [0.3, 0.4) is 0 Å². The van der Waals surface area contributed by atoms with Gasteiger partial charge in [-0.05, 0) is 86.9 Å². The quantitative estimate of drug-likeness (QED) is 0.146. The number of imide groups is 1. The first-order chi connectivity index (χ1) is 28.5. The Kier molecular flexibility index (Phi) is 11.7. The fourth-order valence-electron chi connectivity index (χ4n) is 8.80. The third-order valence-corrected chi connectivity index (χ3v) is 12.2. The van der Waals surface area contributed by atoms with E-state index in [9.17, 15) is 28.7 Å². The van der Waals surface area contributed by atoms with E-state index in [1.165, 1.54) is 6.07 Å². The molecule has 3 amide bonds. The van der Waals surface area contributed by atoms with E-state index in [1.807, 2.05) is 9.80 Å². The summed E-state index contributed by atoms with van der Waals surface area (Å²) in [5.74, 6) is -1.36. The van der Waals surface area contributed by atoms with Gasteiger partial charge in [-0.25, -0.2) is 18.7 Å². The Hall–Kier alpha value is -5.74. The Balaban J connectivity index is 0.776. The van der Waals surface area contributed by atoms with Crippen molar-refractivity contribution in [3.63, 3.8) is 0 Å². The van der Waals surface area contributed by atoms with Crippen LogP contribution in [0, 0.1) is 17.6 Å². The molecular formula is C43H49F2N9O5. The molecule has 14 nitrogen and oxygen atoms in total. The van der Waals surface area contributed by atoms with Crippen LogP contribution < -0.4 is 26.4 Å².